The molecule has 8 nitrogen and oxygen atoms in total. The largest absolute Gasteiger partial charge is 0.586 e. The van der Waals surface area contributed by atoms with E-state index in [-0.39, 0.29) is 17.1 Å². The van der Waals surface area contributed by atoms with Crippen LogP contribution in [0.5, 0.6) is 11.5 Å². The molecule has 11 heteroatoms. The third-order valence-corrected chi connectivity index (χ3v) is 5.51. The highest BCUT2D eigenvalue weighted by Crippen LogP contribution is 2.41. The number of carbonyl (C=O) groups is 1. The summed E-state index contributed by atoms with van der Waals surface area (Å²) in [6.45, 7) is 0. The maximum Gasteiger partial charge on any atom is 0.586 e. The Hall–Kier alpha value is -3.73. The highest BCUT2D eigenvalue weighted by molar-refractivity contribution is 7.98. The average Bonchev–Trinajstić information content (AvgIpc) is 3.34. The Morgan fingerprint density at radius 3 is 2.90 bits per heavy atom. The SMILES string of the molecule is O=C(Nc1cccc(CSc2ncnc3[nH]ncc23)c1)c1ccc2c(c1)OC(F)(F)O2. The molecule has 31 heavy (non-hydrogen) atoms. The first-order valence-corrected chi connectivity index (χ1v) is 10.0. The molecule has 1 aliphatic heterocycles. The number of ether oxygens (including phenoxy) is 2. The maximum absolute atomic E-state index is 13.2. The third-order valence-electron chi connectivity index (χ3n) is 4.44. The van der Waals surface area contributed by atoms with E-state index in [9.17, 15) is 13.6 Å². The van der Waals surface area contributed by atoms with Gasteiger partial charge in [-0.25, -0.2) is 9.97 Å². The molecule has 0 spiro atoms. The number of halogens is 2. The zero-order chi connectivity index (χ0) is 21.4. The van der Waals surface area contributed by atoms with Crippen LogP contribution in [0, 0.1) is 0 Å². The number of H-pyrrole nitrogens is 1. The Labute approximate surface area is 178 Å². The average molecular weight is 441 g/mol. The monoisotopic (exact) mass is 441 g/mol. The summed E-state index contributed by atoms with van der Waals surface area (Å²) in [6.07, 6.45) is -0.578. The molecule has 0 saturated heterocycles. The van der Waals surface area contributed by atoms with Crippen LogP contribution in [0.25, 0.3) is 11.0 Å². The van der Waals surface area contributed by atoms with Crippen LogP contribution in [0.4, 0.5) is 14.5 Å². The molecule has 1 amide bonds. The fraction of sp³-hybridized carbons (Fsp3) is 0.100. The molecule has 1 aliphatic rings. The van der Waals surface area contributed by atoms with Gasteiger partial charge in [0.2, 0.25) is 0 Å². The minimum absolute atomic E-state index is 0.114. The number of hydrogen-bond acceptors (Lipinski definition) is 7. The first kappa shape index (κ1) is 19.2. The predicted molar refractivity (Wildman–Crippen MR) is 108 cm³/mol. The van der Waals surface area contributed by atoms with Gasteiger partial charge in [0.1, 0.15) is 11.4 Å². The van der Waals surface area contributed by atoms with Crippen molar-refractivity contribution in [3.05, 3.63) is 66.1 Å². The van der Waals surface area contributed by atoms with E-state index in [0.29, 0.717) is 17.1 Å². The summed E-state index contributed by atoms with van der Waals surface area (Å²) in [6, 6.07) is 11.2. The molecule has 156 valence electrons. The van der Waals surface area contributed by atoms with Crippen LogP contribution in [0.15, 0.2) is 60.0 Å². The van der Waals surface area contributed by atoms with Gasteiger partial charge in [-0.3, -0.25) is 9.89 Å². The van der Waals surface area contributed by atoms with E-state index in [2.05, 4.69) is 35.0 Å². The Morgan fingerprint density at radius 2 is 2.00 bits per heavy atom. The molecule has 0 fully saturated rings. The fourth-order valence-electron chi connectivity index (χ4n) is 3.04. The molecule has 2 aromatic heterocycles. The van der Waals surface area contributed by atoms with E-state index in [1.807, 2.05) is 18.2 Å². The van der Waals surface area contributed by atoms with Crippen molar-refractivity contribution in [3.63, 3.8) is 0 Å². The number of nitrogens with one attached hydrogen (secondary N) is 2. The van der Waals surface area contributed by atoms with Gasteiger partial charge in [0.05, 0.1) is 11.6 Å². The lowest BCUT2D eigenvalue weighted by Crippen LogP contribution is -2.25. The van der Waals surface area contributed by atoms with Gasteiger partial charge in [0.25, 0.3) is 5.91 Å². The number of aromatic nitrogens is 4. The number of alkyl halides is 2. The lowest BCUT2D eigenvalue weighted by molar-refractivity contribution is -0.286. The predicted octanol–water partition coefficient (Wildman–Crippen LogP) is 4.22. The first-order valence-electron chi connectivity index (χ1n) is 9.04. The molecular weight excluding hydrogens is 428 g/mol. The highest BCUT2D eigenvalue weighted by atomic mass is 32.2. The molecule has 2 aromatic carbocycles. The molecule has 0 radical (unpaired) electrons. The van der Waals surface area contributed by atoms with Crippen LogP contribution < -0.4 is 14.8 Å². The Bertz CT molecular complexity index is 1300. The van der Waals surface area contributed by atoms with Gasteiger partial charge in [0, 0.05) is 17.0 Å². The van der Waals surface area contributed by atoms with Crippen molar-refractivity contribution >= 4 is 34.4 Å². The molecule has 0 unspecified atom stereocenters. The minimum atomic E-state index is -3.73. The summed E-state index contributed by atoms with van der Waals surface area (Å²) < 4.78 is 35.1. The van der Waals surface area contributed by atoms with E-state index < -0.39 is 12.2 Å². The summed E-state index contributed by atoms with van der Waals surface area (Å²) in [5.74, 6) is -0.141. The van der Waals surface area contributed by atoms with Crippen molar-refractivity contribution in [1.29, 1.82) is 0 Å². The van der Waals surface area contributed by atoms with Crippen LogP contribution in [0.2, 0.25) is 0 Å². The lowest BCUT2D eigenvalue weighted by atomic mass is 10.1. The second-order valence-electron chi connectivity index (χ2n) is 6.58. The third kappa shape index (κ3) is 3.99. The topological polar surface area (TPSA) is 102 Å². The molecule has 0 bridgehead atoms. The van der Waals surface area contributed by atoms with E-state index >= 15 is 0 Å². The number of aromatic amines is 1. The van der Waals surface area contributed by atoms with E-state index in [0.717, 1.165) is 16.0 Å². The summed E-state index contributed by atoms with van der Waals surface area (Å²) in [4.78, 5) is 21.0. The van der Waals surface area contributed by atoms with Gasteiger partial charge in [-0.15, -0.1) is 20.5 Å². The number of amides is 1. The molecule has 0 atom stereocenters. The van der Waals surface area contributed by atoms with Crippen LogP contribution in [-0.2, 0) is 5.75 Å². The number of nitrogens with zero attached hydrogens (tertiary/aromatic N) is 3. The summed E-state index contributed by atoms with van der Waals surface area (Å²) >= 11 is 1.52. The van der Waals surface area contributed by atoms with E-state index in [1.54, 1.807) is 12.3 Å². The van der Waals surface area contributed by atoms with Crippen molar-refractivity contribution in [2.45, 2.75) is 17.1 Å². The number of carbonyl (C=O) groups excluding carboxylic acids is 1. The summed E-state index contributed by atoms with van der Waals surface area (Å²) in [7, 11) is 0. The number of rotatable bonds is 5. The normalized spacial score (nSPS) is 14.0. The Balaban J connectivity index is 1.27. The van der Waals surface area contributed by atoms with Gasteiger partial charge in [-0.05, 0) is 35.9 Å². The maximum atomic E-state index is 13.2. The molecule has 2 N–H and O–H groups in total. The standard InChI is InChI=1S/C20H13F2N5O3S/c21-20(22)29-15-5-4-12(7-16(15)30-20)18(28)26-13-3-1-2-11(6-13)9-31-19-14-8-25-27-17(14)23-10-24-19/h1-8,10H,9H2,(H,26,28)(H,23,24,25,27). The lowest BCUT2D eigenvalue weighted by Gasteiger charge is -2.08. The zero-order valence-corrected chi connectivity index (χ0v) is 16.5. The second kappa shape index (κ2) is 7.51. The Kier molecular flexibility index (Phi) is 4.66. The van der Waals surface area contributed by atoms with Crippen LogP contribution in [0.3, 0.4) is 0 Å². The van der Waals surface area contributed by atoms with Gasteiger partial charge in [-0.2, -0.15) is 5.10 Å². The second-order valence-corrected chi connectivity index (χ2v) is 7.55. The number of hydrogen-bond donors (Lipinski definition) is 2. The number of thioether (sulfide) groups is 1. The van der Waals surface area contributed by atoms with Gasteiger partial charge < -0.3 is 14.8 Å². The molecule has 5 rings (SSSR count). The van der Waals surface area contributed by atoms with Gasteiger partial charge >= 0.3 is 6.29 Å². The minimum Gasteiger partial charge on any atom is -0.395 e. The number of fused-ring (bicyclic) bond motifs is 2. The van der Waals surface area contributed by atoms with Crippen molar-refractivity contribution in [1.82, 2.24) is 20.2 Å². The smallest absolute Gasteiger partial charge is 0.395 e. The molecular formula is C20H13F2N5O3S. The molecule has 0 saturated carbocycles. The van der Waals surface area contributed by atoms with Crippen molar-refractivity contribution in [2.75, 3.05) is 5.32 Å². The van der Waals surface area contributed by atoms with Crippen LogP contribution in [0.1, 0.15) is 15.9 Å². The zero-order valence-electron chi connectivity index (χ0n) is 15.6. The first-order chi connectivity index (χ1) is 15.0. The fourth-order valence-corrected chi connectivity index (χ4v) is 3.95. The van der Waals surface area contributed by atoms with E-state index in [1.165, 1.54) is 36.3 Å². The van der Waals surface area contributed by atoms with Crippen molar-refractivity contribution in [3.8, 4) is 11.5 Å². The number of anilines is 1. The van der Waals surface area contributed by atoms with Crippen LogP contribution in [-0.4, -0.2) is 32.4 Å². The van der Waals surface area contributed by atoms with Gasteiger partial charge in [-0.1, -0.05) is 12.1 Å². The molecule has 4 aromatic rings. The van der Waals surface area contributed by atoms with Crippen LogP contribution >= 0.6 is 11.8 Å². The van der Waals surface area contributed by atoms with Gasteiger partial charge in [0.15, 0.2) is 17.1 Å². The quantitative estimate of drug-likeness (QED) is 0.353. The number of benzene rings is 2. The van der Waals surface area contributed by atoms with E-state index in [4.69, 9.17) is 0 Å². The molecule has 3 heterocycles. The summed E-state index contributed by atoms with van der Waals surface area (Å²) in [5.41, 5.74) is 2.37. The van der Waals surface area contributed by atoms with Crippen molar-refractivity contribution < 1.29 is 23.0 Å². The Morgan fingerprint density at radius 1 is 1.13 bits per heavy atom. The van der Waals surface area contributed by atoms with Crippen molar-refractivity contribution in [2.24, 2.45) is 0 Å². The molecule has 0 aliphatic carbocycles. The highest BCUT2D eigenvalue weighted by Gasteiger charge is 2.43. The summed E-state index contributed by atoms with van der Waals surface area (Å²) in [5, 5.41) is 11.2.